The molecule has 0 aliphatic carbocycles. The molecule has 0 saturated carbocycles. The second kappa shape index (κ2) is 9.14. The fourth-order valence-corrected chi connectivity index (χ4v) is 2.47. The summed E-state index contributed by atoms with van der Waals surface area (Å²) in [6.07, 6.45) is 4.25. The molecule has 1 heterocycles. The minimum Gasteiger partial charge on any atom is -0.459 e. The van der Waals surface area contributed by atoms with Crippen molar-refractivity contribution in [1.82, 2.24) is 5.32 Å². The van der Waals surface area contributed by atoms with Gasteiger partial charge in [0.25, 0.3) is 11.6 Å². The van der Waals surface area contributed by atoms with E-state index in [0.29, 0.717) is 17.8 Å². The smallest absolute Gasteiger partial charge is 0.291 e. The molecule has 0 atom stereocenters. The van der Waals surface area contributed by atoms with Crippen LogP contribution in [0.15, 0.2) is 77.4 Å². The zero-order valence-corrected chi connectivity index (χ0v) is 15.2. The number of nitrogens with zero attached hydrogens (tertiary/aromatic N) is 1. The Morgan fingerprint density at radius 1 is 1.07 bits per heavy atom. The number of carbonyl (C=O) groups is 2. The van der Waals surface area contributed by atoms with E-state index in [-0.39, 0.29) is 23.3 Å². The topological polar surface area (TPSA) is 114 Å². The number of hydrogen-bond acceptors (Lipinski definition) is 5. The Morgan fingerprint density at radius 2 is 1.86 bits per heavy atom. The fraction of sp³-hybridized carbons (Fsp3) is 0.0476. The zero-order valence-electron chi connectivity index (χ0n) is 15.2. The first kappa shape index (κ1) is 19.6. The van der Waals surface area contributed by atoms with E-state index in [2.05, 4.69) is 10.6 Å². The van der Waals surface area contributed by atoms with Crippen LogP contribution in [0.5, 0.6) is 0 Å². The maximum absolute atomic E-state index is 12.0. The predicted molar refractivity (Wildman–Crippen MR) is 107 cm³/mol. The van der Waals surface area contributed by atoms with Crippen LogP contribution in [0, 0.1) is 10.1 Å². The second-order valence-electron chi connectivity index (χ2n) is 6.03. The first-order chi connectivity index (χ1) is 14.0. The van der Waals surface area contributed by atoms with Crippen LogP contribution < -0.4 is 10.6 Å². The van der Waals surface area contributed by atoms with E-state index < -0.39 is 4.92 Å². The first-order valence-corrected chi connectivity index (χ1v) is 8.65. The summed E-state index contributed by atoms with van der Waals surface area (Å²) in [5.41, 5.74) is 1.97. The lowest BCUT2D eigenvalue weighted by molar-refractivity contribution is -0.384. The van der Waals surface area contributed by atoms with Gasteiger partial charge in [0.2, 0.25) is 5.91 Å². The molecule has 0 radical (unpaired) electrons. The summed E-state index contributed by atoms with van der Waals surface area (Å²) in [6, 6.07) is 16.2. The molecule has 29 heavy (non-hydrogen) atoms. The molecule has 0 spiro atoms. The van der Waals surface area contributed by atoms with Crippen LogP contribution in [0.1, 0.15) is 21.7 Å². The number of nitro benzene ring substituents is 1. The Labute approximate surface area is 166 Å². The quantitative estimate of drug-likeness (QED) is 0.361. The van der Waals surface area contributed by atoms with Crippen LogP contribution >= 0.6 is 0 Å². The van der Waals surface area contributed by atoms with Gasteiger partial charge in [-0.2, -0.15) is 0 Å². The fourth-order valence-electron chi connectivity index (χ4n) is 2.47. The maximum atomic E-state index is 12.0. The highest BCUT2D eigenvalue weighted by atomic mass is 16.6. The highest BCUT2D eigenvalue weighted by Crippen LogP contribution is 2.14. The summed E-state index contributed by atoms with van der Waals surface area (Å²) in [4.78, 5) is 34.1. The number of furan rings is 1. The number of anilines is 1. The van der Waals surface area contributed by atoms with Crippen LogP contribution in [0.3, 0.4) is 0 Å². The molecule has 2 amide bonds. The maximum Gasteiger partial charge on any atom is 0.291 e. The van der Waals surface area contributed by atoms with Crippen molar-refractivity contribution in [2.75, 3.05) is 5.32 Å². The van der Waals surface area contributed by atoms with Crippen molar-refractivity contribution >= 4 is 29.3 Å². The van der Waals surface area contributed by atoms with Gasteiger partial charge in [0.15, 0.2) is 5.76 Å². The summed E-state index contributed by atoms with van der Waals surface area (Å²) < 4.78 is 5.03. The summed E-state index contributed by atoms with van der Waals surface area (Å²) in [5.74, 6) is -0.453. The Bertz CT molecular complexity index is 1040. The van der Waals surface area contributed by atoms with Gasteiger partial charge in [-0.25, -0.2) is 0 Å². The molecule has 0 fully saturated rings. The highest BCUT2D eigenvalue weighted by molar-refractivity contribution is 6.02. The minimum absolute atomic E-state index is 0.0354. The van der Waals surface area contributed by atoms with Crippen LogP contribution in [0.4, 0.5) is 11.4 Å². The molecule has 1 aromatic heterocycles. The van der Waals surface area contributed by atoms with Crippen molar-refractivity contribution in [3.05, 3.63) is 100 Å². The second-order valence-corrected chi connectivity index (χ2v) is 6.03. The average Bonchev–Trinajstić information content (AvgIpc) is 3.27. The largest absolute Gasteiger partial charge is 0.459 e. The third-order valence-corrected chi connectivity index (χ3v) is 3.93. The van der Waals surface area contributed by atoms with Crippen LogP contribution in [0.2, 0.25) is 0 Å². The lowest BCUT2D eigenvalue weighted by atomic mass is 10.2. The Hall–Kier alpha value is -4.20. The Morgan fingerprint density at radius 3 is 2.55 bits per heavy atom. The van der Waals surface area contributed by atoms with Crippen molar-refractivity contribution in [2.45, 2.75) is 6.54 Å². The van der Waals surface area contributed by atoms with Crippen molar-refractivity contribution in [3.63, 3.8) is 0 Å². The van der Waals surface area contributed by atoms with Crippen LogP contribution in [0.25, 0.3) is 6.08 Å². The molecule has 146 valence electrons. The molecule has 0 aliphatic heterocycles. The SMILES string of the molecule is O=C(/C=C/c1cccc([N+](=O)[O-])c1)NCc1ccc(NC(=O)c2ccco2)cc1. The van der Waals surface area contributed by atoms with E-state index in [4.69, 9.17) is 4.42 Å². The normalized spacial score (nSPS) is 10.6. The number of carbonyl (C=O) groups excluding carboxylic acids is 2. The number of non-ortho nitro benzene ring substituents is 1. The number of nitrogens with one attached hydrogen (secondary N) is 2. The lowest BCUT2D eigenvalue weighted by Crippen LogP contribution is -2.20. The van der Waals surface area contributed by atoms with Gasteiger partial charge in [0.1, 0.15) is 0 Å². The number of amides is 2. The number of hydrogen-bond donors (Lipinski definition) is 2. The van der Waals surface area contributed by atoms with Gasteiger partial charge in [0, 0.05) is 30.4 Å². The molecule has 2 N–H and O–H groups in total. The van der Waals surface area contributed by atoms with Crippen molar-refractivity contribution in [2.24, 2.45) is 0 Å². The number of benzene rings is 2. The summed E-state index contributed by atoms with van der Waals surface area (Å²) in [7, 11) is 0. The molecule has 3 aromatic rings. The van der Waals surface area contributed by atoms with Gasteiger partial charge in [-0.1, -0.05) is 24.3 Å². The molecule has 0 unspecified atom stereocenters. The van der Waals surface area contributed by atoms with E-state index in [1.54, 1.807) is 48.5 Å². The molecule has 0 saturated heterocycles. The monoisotopic (exact) mass is 391 g/mol. The molecular formula is C21H17N3O5. The lowest BCUT2D eigenvalue weighted by Gasteiger charge is -2.06. The van der Waals surface area contributed by atoms with Gasteiger partial charge < -0.3 is 15.1 Å². The Balaban J connectivity index is 1.50. The first-order valence-electron chi connectivity index (χ1n) is 8.65. The molecular weight excluding hydrogens is 374 g/mol. The molecule has 3 rings (SSSR count). The number of nitro groups is 1. The van der Waals surface area contributed by atoms with Crippen LogP contribution in [-0.2, 0) is 11.3 Å². The molecule has 0 aliphatic rings. The van der Waals surface area contributed by atoms with E-state index in [1.807, 2.05) is 0 Å². The average molecular weight is 391 g/mol. The third kappa shape index (κ3) is 5.64. The number of rotatable bonds is 7. The Kier molecular flexibility index (Phi) is 6.16. The summed E-state index contributed by atoms with van der Waals surface area (Å²) in [5, 5.41) is 16.2. The van der Waals surface area contributed by atoms with Crippen molar-refractivity contribution < 1.29 is 18.9 Å². The van der Waals surface area contributed by atoms with E-state index in [0.717, 1.165) is 5.56 Å². The standard InChI is InChI=1S/C21H17N3O5/c25-20(11-8-15-3-1-4-18(13-15)24(27)28)22-14-16-6-9-17(10-7-16)23-21(26)19-5-2-12-29-19/h1-13H,14H2,(H,22,25)(H,23,26)/b11-8+. The predicted octanol–water partition coefficient (Wildman–Crippen LogP) is 3.77. The van der Waals surface area contributed by atoms with E-state index in [1.165, 1.54) is 30.5 Å². The summed E-state index contributed by atoms with van der Waals surface area (Å²) in [6.45, 7) is 0.296. The minimum atomic E-state index is -0.488. The third-order valence-electron chi connectivity index (χ3n) is 3.93. The van der Waals surface area contributed by atoms with E-state index >= 15 is 0 Å². The molecule has 8 nitrogen and oxygen atoms in total. The molecule has 0 bridgehead atoms. The zero-order chi connectivity index (χ0) is 20.6. The van der Waals surface area contributed by atoms with Crippen molar-refractivity contribution in [3.8, 4) is 0 Å². The molecule has 8 heteroatoms. The molecule has 2 aromatic carbocycles. The van der Waals surface area contributed by atoms with Gasteiger partial charge in [0.05, 0.1) is 11.2 Å². The van der Waals surface area contributed by atoms with Crippen molar-refractivity contribution in [1.29, 1.82) is 0 Å². The summed E-state index contributed by atoms with van der Waals surface area (Å²) >= 11 is 0. The van der Waals surface area contributed by atoms with Gasteiger partial charge in [-0.05, 0) is 41.5 Å². The van der Waals surface area contributed by atoms with Gasteiger partial charge >= 0.3 is 0 Å². The van der Waals surface area contributed by atoms with E-state index in [9.17, 15) is 19.7 Å². The van der Waals surface area contributed by atoms with Crippen LogP contribution in [-0.4, -0.2) is 16.7 Å². The highest BCUT2D eigenvalue weighted by Gasteiger charge is 2.08. The van der Waals surface area contributed by atoms with Gasteiger partial charge in [-0.3, -0.25) is 19.7 Å². The van der Waals surface area contributed by atoms with Gasteiger partial charge in [-0.15, -0.1) is 0 Å².